The van der Waals surface area contributed by atoms with E-state index in [2.05, 4.69) is 5.32 Å². The maximum atomic E-state index is 12.8. The Morgan fingerprint density at radius 1 is 1.22 bits per heavy atom. The minimum atomic E-state index is -1.01. The van der Waals surface area contributed by atoms with E-state index in [9.17, 15) is 14.4 Å². The fourth-order valence-electron chi connectivity index (χ4n) is 2.51. The molecule has 0 aliphatic carbocycles. The highest BCUT2D eigenvalue weighted by Crippen LogP contribution is 2.21. The van der Waals surface area contributed by atoms with Gasteiger partial charge < -0.3 is 14.8 Å². The van der Waals surface area contributed by atoms with E-state index in [1.165, 1.54) is 7.11 Å². The van der Waals surface area contributed by atoms with Gasteiger partial charge in [0, 0.05) is 0 Å². The molecule has 0 aromatic carbocycles. The number of hydrogen-bond donors (Lipinski definition) is 1. The molecule has 0 saturated carbocycles. The monoisotopic (exact) mass is 328 g/mol. The van der Waals surface area contributed by atoms with Gasteiger partial charge >= 0.3 is 12.1 Å². The number of nitrogens with zero attached hydrogens (tertiary/aromatic N) is 1. The summed E-state index contributed by atoms with van der Waals surface area (Å²) in [5.41, 5.74) is -0.767. The number of methoxy groups -OCH3 is 1. The Kier molecular flexibility index (Phi) is 6.56. The van der Waals surface area contributed by atoms with E-state index in [4.69, 9.17) is 9.47 Å². The summed E-state index contributed by atoms with van der Waals surface area (Å²) in [7, 11) is 1.24. The molecule has 1 N–H and O–H groups in total. The maximum absolute atomic E-state index is 12.8. The SMILES string of the molecule is COC(=O)[C@H](C(C)C)N(C(=O)OC(C)(C)C)C(=O)[C@@H]1CCCN1. The molecular formula is C16H28N2O5. The molecule has 1 heterocycles. The third kappa shape index (κ3) is 5.20. The first-order valence-corrected chi connectivity index (χ1v) is 7.95. The number of imide groups is 1. The van der Waals surface area contributed by atoms with Crippen molar-refractivity contribution in [3.8, 4) is 0 Å². The van der Waals surface area contributed by atoms with Gasteiger partial charge in [-0.3, -0.25) is 4.79 Å². The van der Waals surface area contributed by atoms with Crippen LogP contribution in [-0.2, 0) is 19.1 Å². The number of amides is 2. The summed E-state index contributed by atoms with van der Waals surface area (Å²) in [6, 6.07) is -1.49. The Morgan fingerprint density at radius 3 is 2.22 bits per heavy atom. The standard InChI is InChI=1S/C16H28N2O5/c1-10(2)12(14(20)22-6)18(15(21)23-16(3,4)5)13(19)11-8-7-9-17-11/h10-12,17H,7-9H2,1-6H3/t11-,12-/m0/s1. The van der Waals surface area contributed by atoms with E-state index < -0.39 is 35.7 Å². The number of rotatable bonds is 4. The Morgan fingerprint density at radius 2 is 1.83 bits per heavy atom. The van der Waals surface area contributed by atoms with Crippen LogP contribution in [-0.4, -0.2) is 54.2 Å². The van der Waals surface area contributed by atoms with Crippen molar-refractivity contribution in [2.45, 2.75) is 65.1 Å². The minimum absolute atomic E-state index is 0.291. The number of ether oxygens (including phenoxy) is 2. The molecule has 2 atom stereocenters. The molecule has 1 rings (SSSR count). The first-order valence-electron chi connectivity index (χ1n) is 7.95. The highest BCUT2D eigenvalue weighted by Gasteiger charge is 2.43. The first-order chi connectivity index (χ1) is 10.6. The zero-order valence-corrected chi connectivity index (χ0v) is 14.8. The Labute approximate surface area is 137 Å². The topological polar surface area (TPSA) is 84.9 Å². The van der Waals surface area contributed by atoms with Gasteiger partial charge in [0.2, 0.25) is 5.91 Å². The summed E-state index contributed by atoms with van der Waals surface area (Å²) >= 11 is 0. The molecule has 2 amide bonds. The molecule has 1 aliphatic heterocycles. The maximum Gasteiger partial charge on any atom is 0.417 e. The molecule has 1 aliphatic rings. The molecule has 1 fully saturated rings. The van der Waals surface area contributed by atoms with Crippen molar-refractivity contribution in [2.75, 3.05) is 13.7 Å². The second-order valence-electron chi connectivity index (χ2n) is 7.05. The quantitative estimate of drug-likeness (QED) is 0.791. The molecule has 132 valence electrons. The molecule has 7 heteroatoms. The Bertz CT molecular complexity index is 450. The highest BCUT2D eigenvalue weighted by atomic mass is 16.6. The van der Waals surface area contributed by atoms with Crippen LogP contribution < -0.4 is 5.32 Å². The van der Waals surface area contributed by atoms with Crippen molar-refractivity contribution in [3.05, 3.63) is 0 Å². The van der Waals surface area contributed by atoms with Gasteiger partial charge in [-0.1, -0.05) is 13.8 Å². The number of hydrogen-bond acceptors (Lipinski definition) is 6. The molecule has 0 aromatic heterocycles. The van der Waals surface area contributed by atoms with Crippen LogP contribution in [0.5, 0.6) is 0 Å². The lowest BCUT2D eigenvalue weighted by Crippen LogP contribution is -2.57. The Balaban J connectivity index is 3.14. The summed E-state index contributed by atoms with van der Waals surface area (Å²) in [6.45, 7) is 9.36. The van der Waals surface area contributed by atoms with Crippen LogP contribution in [0, 0.1) is 5.92 Å². The average molecular weight is 328 g/mol. The summed E-state index contributed by atoms with van der Waals surface area (Å²) in [4.78, 5) is 38.4. The highest BCUT2D eigenvalue weighted by molar-refractivity contribution is 5.99. The van der Waals surface area contributed by atoms with Crippen molar-refractivity contribution in [1.82, 2.24) is 10.2 Å². The van der Waals surface area contributed by atoms with Gasteiger partial charge in [0.1, 0.15) is 11.6 Å². The molecule has 23 heavy (non-hydrogen) atoms. The van der Waals surface area contributed by atoms with Gasteiger partial charge in [0.25, 0.3) is 0 Å². The summed E-state index contributed by atoms with van der Waals surface area (Å²) in [6.07, 6.45) is 0.660. The van der Waals surface area contributed by atoms with Crippen LogP contribution in [0.4, 0.5) is 4.79 Å². The van der Waals surface area contributed by atoms with Gasteiger partial charge in [-0.05, 0) is 46.1 Å². The van der Waals surface area contributed by atoms with Crippen molar-refractivity contribution >= 4 is 18.0 Å². The fourth-order valence-corrected chi connectivity index (χ4v) is 2.51. The lowest BCUT2D eigenvalue weighted by atomic mass is 10.0. The van der Waals surface area contributed by atoms with Crippen molar-refractivity contribution in [2.24, 2.45) is 5.92 Å². The molecule has 7 nitrogen and oxygen atoms in total. The molecule has 0 unspecified atom stereocenters. The molecule has 0 aromatic rings. The smallest absolute Gasteiger partial charge is 0.417 e. The third-order valence-corrected chi connectivity index (χ3v) is 3.54. The average Bonchev–Trinajstić information content (AvgIpc) is 2.94. The minimum Gasteiger partial charge on any atom is -0.467 e. The van der Waals surface area contributed by atoms with E-state index in [0.717, 1.165) is 11.3 Å². The summed E-state index contributed by atoms with van der Waals surface area (Å²) in [5, 5.41) is 3.05. The van der Waals surface area contributed by atoms with E-state index >= 15 is 0 Å². The normalized spacial score (nSPS) is 19.3. The van der Waals surface area contributed by atoms with Crippen molar-refractivity contribution in [1.29, 1.82) is 0 Å². The van der Waals surface area contributed by atoms with Gasteiger partial charge in [-0.25, -0.2) is 14.5 Å². The van der Waals surface area contributed by atoms with Crippen molar-refractivity contribution < 1.29 is 23.9 Å². The van der Waals surface area contributed by atoms with Gasteiger partial charge in [0.15, 0.2) is 0 Å². The molecule has 0 spiro atoms. The molecule has 1 saturated heterocycles. The van der Waals surface area contributed by atoms with Crippen LogP contribution >= 0.6 is 0 Å². The van der Waals surface area contributed by atoms with E-state index in [1.807, 2.05) is 0 Å². The number of carbonyl (C=O) groups is 3. The summed E-state index contributed by atoms with van der Waals surface area (Å²) in [5.74, 6) is -1.36. The second kappa shape index (κ2) is 7.77. The second-order valence-corrected chi connectivity index (χ2v) is 7.05. The van der Waals surface area contributed by atoms with Crippen LogP contribution in [0.1, 0.15) is 47.5 Å². The van der Waals surface area contributed by atoms with Crippen LogP contribution in [0.3, 0.4) is 0 Å². The van der Waals surface area contributed by atoms with E-state index in [0.29, 0.717) is 13.0 Å². The first kappa shape index (κ1) is 19.4. The summed E-state index contributed by atoms with van der Waals surface area (Å²) < 4.78 is 10.1. The van der Waals surface area contributed by atoms with Crippen LogP contribution in [0.15, 0.2) is 0 Å². The molecule has 0 bridgehead atoms. The third-order valence-electron chi connectivity index (χ3n) is 3.54. The number of esters is 1. The van der Waals surface area contributed by atoms with Gasteiger partial charge in [-0.15, -0.1) is 0 Å². The van der Waals surface area contributed by atoms with Crippen LogP contribution in [0.25, 0.3) is 0 Å². The number of nitrogens with one attached hydrogen (secondary N) is 1. The lowest BCUT2D eigenvalue weighted by molar-refractivity contribution is -0.154. The largest absolute Gasteiger partial charge is 0.467 e. The van der Waals surface area contributed by atoms with Gasteiger partial charge in [0.05, 0.1) is 13.2 Å². The Hall–Kier alpha value is -1.63. The van der Waals surface area contributed by atoms with Crippen LogP contribution in [0.2, 0.25) is 0 Å². The molecular weight excluding hydrogens is 300 g/mol. The molecule has 0 radical (unpaired) electrons. The zero-order valence-electron chi connectivity index (χ0n) is 14.8. The lowest BCUT2D eigenvalue weighted by Gasteiger charge is -2.33. The zero-order chi connectivity index (χ0) is 17.8. The van der Waals surface area contributed by atoms with E-state index in [1.54, 1.807) is 34.6 Å². The van der Waals surface area contributed by atoms with E-state index in [-0.39, 0.29) is 5.92 Å². The fraction of sp³-hybridized carbons (Fsp3) is 0.812. The van der Waals surface area contributed by atoms with Gasteiger partial charge in [-0.2, -0.15) is 0 Å². The predicted octanol–water partition coefficient (Wildman–Crippen LogP) is 1.70. The number of carbonyl (C=O) groups excluding carboxylic acids is 3. The van der Waals surface area contributed by atoms with Crippen molar-refractivity contribution in [3.63, 3.8) is 0 Å². The predicted molar refractivity (Wildman–Crippen MR) is 84.7 cm³/mol.